The first-order valence-electron chi connectivity index (χ1n) is 1.57. The Morgan fingerprint density at radius 2 is 2.43 bits per heavy atom. The molecule has 0 unspecified atom stereocenters. The molecule has 0 saturated heterocycles. The van der Waals surface area contributed by atoms with Crippen LogP contribution in [0, 0.1) is 3.82 Å². The van der Waals surface area contributed by atoms with E-state index in [1.165, 1.54) is 0 Å². The summed E-state index contributed by atoms with van der Waals surface area (Å²) in [7, 11) is 0. The lowest BCUT2D eigenvalue weighted by molar-refractivity contribution is 1.10. The van der Waals surface area contributed by atoms with Gasteiger partial charge in [0, 0.05) is 0 Å². The summed E-state index contributed by atoms with van der Waals surface area (Å²) in [6.45, 7) is 0. The van der Waals surface area contributed by atoms with Crippen molar-refractivity contribution >= 4 is 23.8 Å². The fourth-order valence-corrected chi connectivity index (χ4v) is 0.772. The summed E-state index contributed by atoms with van der Waals surface area (Å²) in [5, 5.41) is 2.30. The van der Waals surface area contributed by atoms with Gasteiger partial charge in [0.1, 0.15) is 0 Å². The van der Waals surface area contributed by atoms with Crippen LogP contribution in [0.1, 0.15) is 0 Å². The highest BCUT2D eigenvalue weighted by molar-refractivity contribution is 7.73. The first-order chi connectivity index (χ1) is 3.30. The van der Waals surface area contributed by atoms with Crippen molar-refractivity contribution in [3.63, 3.8) is 0 Å². The Bertz CT molecular complexity index is 218. The molecule has 5 heteroatoms. The van der Waals surface area contributed by atoms with Crippen molar-refractivity contribution in [3.8, 4) is 0 Å². The second kappa shape index (κ2) is 1.59. The van der Waals surface area contributed by atoms with Crippen LogP contribution in [0.5, 0.6) is 0 Å². The van der Waals surface area contributed by atoms with E-state index in [0.29, 0.717) is 3.82 Å². The van der Waals surface area contributed by atoms with E-state index in [4.69, 9.17) is 0 Å². The van der Waals surface area contributed by atoms with Crippen LogP contribution in [0.25, 0.3) is 0 Å². The molecule has 1 rings (SSSR count). The monoisotopic (exact) mass is 134 g/mol. The van der Waals surface area contributed by atoms with Gasteiger partial charge in [-0.05, 0) is 11.5 Å². The minimum absolute atomic E-state index is 0.208. The molecule has 0 fully saturated rings. The first kappa shape index (κ1) is 4.73. The van der Waals surface area contributed by atoms with Crippen LogP contribution < -0.4 is 5.56 Å². The van der Waals surface area contributed by atoms with Crippen LogP contribution in [-0.4, -0.2) is 9.59 Å². The lowest BCUT2D eigenvalue weighted by Crippen LogP contribution is -1.96. The summed E-state index contributed by atoms with van der Waals surface area (Å²) in [5.41, 5.74) is -0.208. The van der Waals surface area contributed by atoms with Crippen molar-refractivity contribution in [2.24, 2.45) is 0 Å². The standard InChI is InChI=1S/C2H2N2OS2/c5-1-2(6)7-4-3-1/h4H,(H,3,5). The smallest absolute Gasteiger partial charge is 0.265 e. The number of rotatable bonds is 0. The lowest BCUT2D eigenvalue weighted by Gasteiger charge is -1.53. The maximum absolute atomic E-state index is 10.2. The molecule has 0 aliphatic heterocycles. The Balaban J connectivity index is 3.71. The van der Waals surface area contributed by atoms with Crippen LogP contribution in [0.15, 0.2) is 4.79 Å². The predicted octanol–water partition coefficient (Wildman–Crippen LogP) is 0.494. The van der Waals surface area contributed by atoms with Gasteiger partial charge in [0.15, 0.2) is 3.82 Å². The number of nitrogens with one attached hydrogen (secondary N) is 2. The van der Waals surface area contributed by atoms with Gasteiger partial charge in [-0.3, -0.25) is 14.4 Å². The quantitative estimate of drug-likeness (QED) is 0.507. The molecule has 2 N–H and O–H groups in total. The Labute approximate surface area is 48.1 Å². The van der Waals surface area contributed by atoms with Gasteiger partial charge < -0.3 is 0 Å². The van der Waals surface area contributed by atoms with Crippen molar-refractivity contribution in [3.05, 3.63) is 14.2 Å². The number of aromatic nitrogens is 2. The van der Waals surface area contributed by atoms with Crippen LogP contribution in [0.4, 0.5) is 0 Å². The normalized spacial score (nSPS) is 9.14. The molecule has 0 atom stereocenters. The largest absolute Gasteiger partial charge is 0.292 e. The zero-order valence-corrected chi connectivity index (χ0v) is 4.86. The fourth-order valence-electron chi connectivity index (χ4n) is 0.216. The molecule has 0 spiro atoms. The van der Waals surface area contributed by atoms with E-state index >= 15 is 0 Å². The minimum atomic E-state index is -0.208. The van der Waals surface area contributed by atoms with E-state index in [1.807, 2.05) is 0 Å². The van der Waals surface area contributed by atoms with Crippen molar-refractivity contribution < 1.29 is 0 Å². The maximum Gasteiger partial charge on any atom is 0.292 e. The predicted molar refractivity (Wildman–Crippen MR) is 30.1 cm³/mol. The molecule has 0 aliphatic carbocycles. The molecule has 3 nitrogen and oxygen atoms in total. The van der Waals surface area contributed by atoms with Crippen molar-refractivity contribution in [1.82, 2.24) is 9.59 Å². The van der Waals surface area contributed by atoms with Gasteiger partial charge in [-0.25, -0.2) is 0 Å². The highest BCUT2D eigenvalue weighted by Crippen LogP contribution is 1.81. The molecule has 38 valence electrons. The Kier molecular flexibility index (Phi) is 1.07. The summed E-state index contributed by atoms with van der Waals surface area (Å²) in [6, 6.07) is 0. The minimum Gasteiger partial charge on any atom is -0.265 e. The molecule has 1 heterocycles. The molecular weight excluding hydrogens is 132 g/mol. The van der Waals surface area contributed by atoms with Crippen LogP contribution in [0.2, 0.25) is 0 Å². The second-order valence-electron chi connectivity index (χ2n) is 0.946. The number of aromatic amines is 2. The summed E-state index contributed by atoms with van der Waals surface area (Å²) in [6.07, 6.45) is 0. The molecule has 0 saturated carbocycles. The van der Waals surface area contributed by atoms with Gasteiger partial charge in [-0.2, -0.15) is 0 Å². The van der Waals surface area contributed by atoms with Crippen LogP contribution in [0.3, 0.4) is 0 Å². The van der Waals surface area contributed by atoms with E-state index < -0.39 is 0 Å². The Morgan fingerprint density at radius 1 is 1.71 bits per heavy atom. The van der Waals surface area contributed by atoms with Gasteiger partial charge in [-0.1, -0.05) is 12.2 Å². The highest BCUT2D eigenvalue weighted by Gasteiger charge is 1.82. The van der Waals surface area contributed by atoms with Gasteiger partial charge in [0.05, 0.1) is 0 Å². The molecule has 1 aromatic rings. The molecule has 1 aromatic heterocycles. The van der Waals surface area contributed by atoms with Gasteiger partial charge >= 0.3 is 0 Å². The average molecular weight is 134 g/mol. The molecular formula is C2H2N2OS2. The van der Waals surface area contributed by atoms with Gasteiger partial charge in [0.25, 0.3) is 5.56 Å². The molecule has 0 aromatic carbocycles. The molecule has 7 heavy (non-hydrogen) atoms. The Hall–Kier alpha value is -0.420. The van der Waals surface area contributed by atoms with Gasteiger partial charge in [-0.15, -0.1) is 0 Å². The van der Waals surface area contributed by atoms with E-state index in [2.05, 4.69) is 21.8 Å². The van der Waals surface area contributed by atoms with Crippen molar-refractivity contribution in [2.75, 3.05) is 0 Å². The lowest BCUT2D eigenvalue weighted by atomic mass is 11.0. The number of hydrogen-bond acceptors (Lipinski definition) is 3. The highest BCUT2D eigenvalue weighted by atomic mass is 32.2. The summed E-state index contributed by atoms with van der Waals surface area (Å²) in [5.74, 6) is 0. The number of H-pyrrole nitrogens is 2. The zero-order chi connectivity index (χ0) is 5.28. The maximum atomic E-state index is 10.2. The van der Waals surface area contributed by atoms with Crippen molar-refractivity contribution in [2.45, 2.75) is 0 Å². The SMILES string of the molecule is O=c1[nH][nH]sc1=S. The van der Waals surface area contributed by atoms with E-state index in [1.54, 1.807) is 0 Å². The van der Waals surface area contributed by atoms with E-state index in [9.17, 15) is 4.79 Å². The number of hydrogen-bond donors (Lipinski definition) is 2. The fraction of sp³-hybridized carbons (Fsp3) is 0. The van der Waals surface area contributed by atoms with Crippen LogP contribution >= 0.6 is 23.8 Å². The summed E-state index contributed by atoms with van der Waals surface area (Å²) < 4.78 is 2.84. The molecule has 0 bridgehead atoms. The van der Waals surface area contributed by atoms with Crippen molar-refractivity contribution in [1.29, 1.82) is 0 Å². The summed E-state index contributed by atoms with van der Waals surface area (Å²) in [4.78, 5) is 10.2. The molecule has 0 radical (unpaired) electrons. The van der Waals surface area contributed by atoms with Crippen LogP contribution in [-0.2, 0) is 0 Å². The summed E-state index contributed by atoms with van der Waals surface area (Å²) >= 11 is 5.66. The second-order valence-corrected chi connectivity index (χ2v) is 2.43. The first-order valence-corrected chi connectivity index (χ1v) is 2.79. The van der Waals surface area contributed by atoms with E-state index in [0.717, 1.165) is 11.5 Å². The molecule has 0 aliphatic rings. The third kappa shape index (κ3) is 0.779. The Morgan fingerprint density at radius 3 is 2.57 bits per heavy atom. The van der Waals surface area contributed by atoms with Gasteiger partial charge in [0.2, 0.25) is 0 Å². The topological polar surface area (TPSA) is 48.6 Å². The third-order valence-corrected chi connectivity index (χ3v) is 1.50. The third-order valence-electron chi connectivity index (χ3n) is 0.494. The zero-order valence-electron chi connectivity index (χ0n) is 3.22. The average Bonchev–Trinajstić information content (AvgIpc) is 1.91. The van der Waals surface area contributed by atoms with E-state index in [-0.39, 0.29) is 5.56 Å². The molecule has 0 amide bonds.